The van der Waals surface area contributed by atoms with Gasteiger partial charge >= 0.3 is 6.18 Å². The largest absolute Gasteiger partial charge is 0.454 e. The molecule has 0 atom stereocenters. The molecule has 0 aliphatic rings. The SMILES string of the molecule is O=C(Nc1ncc(Cc2cc(C(F)(F)F)ccc2Cl)s1)c1cc(-c2ccc(-c3ccccc3Cl)o2)nc2ccccc12. The number of amides is 1. The number of thiazole rings is 1. The molecular formula is C31H18Cl2F3N3O2S. The fourth-order valence-corrected chi connectivity index (χ4v) is 5.70. The Kier molecular flexibility index (Phi) is 7.49. The van der Waals surface area contributed by atoms with Gasteiger partial charge in [0.2, 0.25) is 0 Å². The lowest BCUT2D eigenvalue weighted by atomic mass is 10.1. The molecule has 0 fully saturated rings. The average Bonchev–Trinajstić information content (AvgIpc) is 3.63. The number of carbonyl (C=O) groups is 1. The Morgan fingerprint density at radius 1 is 0.905 bits per heavy atom. The van der Waals surface area contributed by atoms with Gasteiger partial charge in [0.1, 0.15) is 11.5 Å². The number of alkyl halides is 3. The molecule has 5 nitrogen and oxygen atoms in total. The van der Waals surface area contributed by atoms with Crippen LogP contribution in [0.1, 0.15) is 26.4 Å². The number of para-hydroxylation sites is 1. The smallest absolute Gasteiger partial charge is 0.416 e. The summed E-state index contributed by atoms with van der Waals surface area (Å²) in [6.45, 7) is 0. The number of pyridine rings is 1. The molecule has 3 heterocycles. The normalized spacial score (nSPS) is 11.6. The highest BCUT2D eigenvalue weighted by Crippen LogP contribution is 2.35. The lowest BCUT2D eigenvalue weighted by Gasteiger charge is -2.10. The molecular weight excluding hydrogens is 606 g/mol. The van der Waals surface area contributed by atoms with Crippen LogP contribution >= 0.6 is 34.5 Å². The molecule has 3 aromatic heterocycles. The van der Waals surface area contributed by atoms with E-state index in [4.69, 9.17) is 32.6 Å². The van der Waals surface area contributed by atoms with Crippen molar-refractivity contribution in [2.24, 2.45) is 0 Å². The van der Waals surface area contributed by atoms with Crippen molar-refractivity contribution in [3.8, 4) is 22.8 Å². The van der Waals surface area contributed by atoms with Crippen LogP contribution in [0.15, 0.2) is 95.5 Å². The highest BCUT2D eigenvalue weighted by molar-refractivity contribution is 7.15. The number of rotatable bonds is 6. The van der Waals surface area contributed by atoms with Gasteiger partial charge in [-0.15, -0.1) is 11.3 Å². The zero-order chi connectivity index (χ0) is 29.4. The molecule has 6 rings (SSSR count). The molecule has 210 valence electrons. The molecule has 0 spiro atoms. The van der Waals surface area contributed by atoms with Gasteiger partial charge in [0.15, 0.2) is 10.9 Å². The summed E-state index contributed by atoms with van der Waals surface area (Å²) in [6, 6.07) is 22.9. The van der Waals surface area contributed by atoms with E-state index >= 15 is 0 Å². The van der Waals surface area contributed by atoms with E-state index in [-0.39, 0.29) is 11.4 Å². The number of fused-ring (bicyclic) bond motifs is 1. The van der Waals surface area contributed by atoms with Crippen molar-refractivity contribution in [1.82, 2.24) is 9.97 Å². The maximum atomic E-state index is 13.5. The van der Waals surface area contributed by atoms with E-state index in [9.17, 15) is 18.0 Å². The first kappa shape index (κ1) is 28.0. The second kappa shape index (κ2) is 11.2. The van der Waals surface area contributed by atoms with Crippen LogP contribution in [0.3, 0.4) is 0 Å². The number of furan rings is 1. The number of benzene rings is 3. The quantitative estimate of drug-likeness (QED) is 0.200. The van der Waals surface area contributed by atoms with Crippen molar-refractivity contribution >= 4 is 56.5 Å². The molecule has 1 amide bonds. The van der Waals surface area contributed by atoms with Crippen LogP contribution in [0.2, 0.25) is 10.0 Å². The van der Waals surface area contributed by atoms with Crippen LogP contribution in [0, 0.1) is 0 Å². The Morgan fingerprint density at radius 3 is 2.48 bits per heavy atom. The zero-order valence-corrected chi connectivity index (χ0v) is 23.7. The van der Waals surface area contributed by atoms with E-state index < -0.39 is 17.6 Å². The number of hydrogen-bond acceptors (Lipinski definition) is 5. The molecule has 0 saturated heterocycles. The number of aromatic nitrogens is 2. The number of hydrogen-bond donors (Lipinski definition) is 1. The van der Waals surface area contributed by atoms with Crippen molar-refractivity contribution in [2.45, 2.75) is 12.6 Å². The fraction of sp³-hybridized carbons (Fsp3) is 0.0645. The number of nitrogens with one attached hydrogen (secondary N) is 1. The second-order valence-electron chi connectivity index (χ2n) is 9.28. The van der Waals surface area contributed by atoms with Gasteiger partial charge in [-0.3, -0.25) is 10.1 Å². The van der Waals surface area contributed by atoms with Gasteiger partial charge in [0.05, 0.1) is 21.7 Å². The molecule has 42 heavy (non-hydrogen) atoms. The Labute approximate surface area is 251 Å². The maximum Gasteiger partial charge on any atom is 0.416 e. The minimum atomic E-state index is -4.48. The first-order chi connectivity index (χ1) is 20.2. The Balaban J connectivity index is 1.27. The number of anilines is 1. The van der Waals surface area contributed by atoms with Crippen LogP contribution in [-0.2, 0) is 12.6 Å². The molecule has 0 unspecified atom stereocenters. The number of nitrogens with zero attached hydrogens (tertiary/aromatic N) is 2. The summed E-state index contributed by atoms with van der Waals surface area (Å²) in [7, 11) is 0. The lowest BCUT2D eigenvalue weighted by Crippen LogP contribution is -2.12. The van der Waals surface area contributed by atoms with E-state index in [0.717, 1.165) is 29.0 Å². The summed E-state index contributed by atoms with van der Waals surface area (Å²) in [4.78, 5) is 23.1. The van der Waals surface area contributed by atoms with Crippen molar-refractivity contribution in [3.05, 3.63) is 123 Å². The fourth-order valence-electron chi connectivity index (χ4n) is 4.46. The molecule has 0 aliphatic heterocycles. The zero-order valence-electron chi connectivity index (χ0n) is 21.4. The van der Waals surface area contributed by atoms with E-state index in [1.165, 1.54) is 12.3 Å². The van der Waals surface area contributed by atoms with Gasteiger partial charge in [-0.1, -0.05) is 53.5 Å². The third kappa shape index (κ3) is 5.76. The highest BCUT2D eigenvalue weighted by atomic mass is 35.5. The summed E-state index contributed by atoms with van der Waals surface area (Å²) < 4.78 is 45.6. The highest BCUT2D eigenvalue weighted by Gasteiger charge is 2.31. The van der Waals surface area contributed by atoms with Gasteiger partial charge in [-0.2, -0.15) is 13.2 Å². The third-order valence-corrected chi connectivity index (χ3v) is 8.08. The van der Waals surface area contributed by atoms with Gasteiger partial charge in [0, 0.05) is 33.5 Å². The van der Waals surface area contributed by atoms with Crippen molar-refractivity contribution in [3.63, 3.8) is 0 Å². The Morgan fingerprint density at radius 2 is 1.67 bits per heavy atom. The van der Waals surface area contributed by atoms with Crippen LogP contribution in [0.25, 0.3) is 33.7 Å². The molecule has 0 radical (unpaired) electrons. The van der Waals surface area contributed by atoms with Crippen molar-refractivity contribution in [1.29, 1.82) is 0 Å². The minimum Gasteiger partial charge on any atom is -0.454 e. The van der Waals surface area contributed by atoms with Crippen LogP contribution in [0.4, 0.5) is 18.3 Å². The second-order valence-corrected chi connectivity index (χ2v) is 11.2. The summed E-state index contributed by atoms with van der Waals surface area (Å²) >= 11 is 13.6. The van der Waals surface area contributed by atoms with E-state index in [0.29, 0.717) is 54.3 Å². The monoisotopic (exact) mass is 623 g/mol. The maximum absolute atomic E-state index is 13.5. The molecule has 6 aromatic rings. The van der Waals surface area contributed by atoms with Gasteiger partial charge in [-0.05, 0) is 60.2 Å². The summed E-state index contributed by atoms with van der Waals surface area (Å²) in [5, 5.41) is 4.48. The molecule has 3 aromatic carbocycles. The van der Waals surface area contributed by atoms with Gasteiger partial charge < -0.3 is 4.42 Å². The van der Waals surface area contributed by atoms with E-state index in [1.54, 1.807) is 36.4 Å². The molecule has 0 bridgehead atoms. The van der Waals surface area contributed by atoms with Gasteiger partial charge in [0.25, 0.3) is 5.91 Å². The molecule has 1 N–H and O–H groups in total. The lowest BCUT2D eigenvalue weighted by molar-refractivity contribution is -0.137. The molecule has 11 heteroatoms. The van der Waals surface area contributed by atoms with Crippen molar-refractivity contribution < 1.29 is 22.4 Å². The van der Waals surface area contributed by atoms with Crippen LogP contribution < -0.4 is 5.32 Å². The standard InChI is InChI=1S/C31H18Cl2F3N3O2S/c32-23-10-9-18(31(34,35)36)13-17(23)14-19-16-37-30(42-19)39-29(40)22-15-26(38-25-8-4-2-5-20(22)25)28-12-11-27(41-28)21-6-1-3-7-24(21)33/h1-13,15-16H,14H2,(H,37,39,40). The topological polar surface area (TPSA) is 68.0 Å². The summed E-state index contributed by atoms with van der Waals surface area (Å²) in [6.07, 6.45) is -2.85. The molecule has 0 saturated carbocycles. The molecule has 0 aliphatic carbocycles. The first-order valence-electron chi connectivity index (χ1n) is 12.5. The summed E-state index contributed by atoms with van der Waals surface area (Å²) in [5.74, 6) is 0.595. The Hall–Kier alpha value is -4.18. The third-order valence-electron chi connectivity index (χ3n) is 6.47. The predicted octanol–water partition coefficient (Wildman–Crippen LogP) is 9.79. The Bertz CT molecular complexity index is 1950. The summed E-state index contributed by atoms with van der Waals surface area (Å²) in [5.41, 5.74) is 1.66. The average molecular weight is 624 g/mol. The van der Waals surface area contributed by atoms with Crippen molar-refractivity contribution in [2.75, 3.05) is 5.32 Å². The predicted molar refractivity (Wildman–Crippen MR) is 159 cm³/mol. The number of carbonyl (C=O) groups excluding carboxylic acids is 1. The van der Waals surface area contributed by atoms with Crippen LogP contribution in [0.5, 0.6) is 0 Å². The number of halogens is 5. The van der Waals surface area contributed by atoms with Crippen LogP contribution in [-0.4, -0.2) is 15.9 Å². The first-order valence-corrected chi connectivity index (χ1v) is 14.1. The van der Waals surface area contributed by atoms with E-state index in [2.05, 4.69) is 10.3 Å². The van der Waals surface area contributed by atoms with Gasteiger partial charge in [-0.25, -0.2) is 9.97 Å². The minimum absolute atomic E-state index is 0.130. The van der Waals surface area contributed by atoms with E-state index in [1.807, 2.05) is 30.3 Å².